The molecule has 0 radical (unpaired) electrons. The minimum atomic E-state index is -0.924. The number of nitrogens with zero attached hydrogens (tertiary/aromatic N) is 1. The van der Waals surface area contributed by atoms with E-state index >= 15 is 0 Å². The topological polar surface area (TPSA) is 77.8 Å². The smallest absolute Gasteiger partial charge is 0.331 e. The van der Waals surface area contributed by atoms with Gasteiger partial charge in [-0.2, -0.15) is 0 Å². The van der Waals surface area contributed by atoms with Crippen molar-refractivity contribution in [2.45, 2.75) is 118 Å². The summed E-state index contributed by atoms with van der Waals surface area (Å²) >= 11 is 0. The number of hydrogen-bond donors (Lipinski definition) is 2. The highest BCUT2D eigenvalue weighted by Gasteiger charge is 2.70. The van der Waals surface area contributed by atoms with Crippen molar-refractivity contribution in [1.82, 2.24) is 4.90 Å². The molecule has 6 aliphatic rings. The molecule has 0 bridgehead atoms. The molecule has 1 saturated heterocycles. The number of carboxylic acid groups (broad SMARTS) is 1. The second-order valence-corrected chi connectivity index (χ2v) is 17.1. The number of likely N-dealkylation sites (tertiary alicyclic amines) is 1. The molecular weight excluding hydrogens is 534 g/mol. The number of aliphatic carboxylic acids is 1. The Balaban J connectivity index is 1.31. The summed E-state index contributed by atoms with van der Waals surface area (Å²) in [5.74, 6) is 1.50. The quantitative estimate of drug-likeness (QED) is 0.327. The summed E-state index contributed by atoms with van der Waals surface area (Å²) in [5, 5.41) is 20.4. The van der Waals surface area contributed by atoms with E-state index in [0.717, 1.165) is 38.6 Å². The first-order valence-electron chi connectivity index (χ1n) is 17.3. The third-order valence-corrected chi connectivity index (χ3v) is 15.4. The maximum Gasteiger partial charge on any atom is 0.331 e. The van der Waals surface area contributed by atoms with Gasteiger partial charge in [0.25, 0.3) is 0 Å². The molecule has 5 nitrogen and oxygen atoms in total. The van der Waals surface area contributed by atoms with Crippen LogP contribution in [0.1, 0.15) is 112 Å². The van der Waals surface area contributed by atoms with Gasteiger partial charge in [-0.15, -0.1) is 0 Å². The van der Waals surface area contributed by atoms with Crippen LogP contribution >= 0.6 is 0 Å². The first kappa shape index (κ1) is 31.1. The second kappa shape index (κ2) is 10.3. The summed E-state index contributed by atoms with van der Waals surface area (Å²) in [4.78, 5) is 28.0. The van der Waals surface area contributed by atoms with Crippen LogP contribution in [0.2, 0.25) is 0 Å². The highest BCUT2D eigenvalue weighted by Crippen LogP contribution is 2.76. The van der Waals surface area contributed by atoms with Gasteiger partial charge >= 0.3 is 5.97 Å². The van der Waals surface area contributed by atoms with Crippen molar-refractivity contribution in [2.75, 3.05) is 13.2 Å². The Morgan fingerprint density at radius 2 is 1.70 bits per heavy atom. The van der Waals surface area contributed by atoms with Crippen LogP contribution in [0.15, 0.2) is 36.0 Å². The van der Waals surface area contributed by atoms with Gasteiger partial charge in [-0.3, -0.25) is 4.79 Å². The van der Waals surface area contributed by atoms with Crippen LogP contribution in [-0.4, -0.2) is 45.7 Å². The van der Waals surface area contributed by atoms with Gasteiger partial charge in [0.1, 0.15) is 0 Å². The zero-order valence-corrected chi connectivity index (χ0v) is 27.8. The van der Waals surface area contributed by atoms with Gasteiger partial charge in [-0.25, -0.2) is 4.79 Å². The van der Waals surface area contributed by atoms with E-state index in [4.69, 9.17) is 0 Å². The normalized spacial score (nSPS) is 46.9. The lowest BCUT2D eigenvalue weighted by Crippen LogP contribution is -2.66. The molecule has 1 amide bonds. The number of fused-ring (bicyclic) bond motifs is 7. The molecule has 0 spiro atoms. The first-order valence-corrected chi connectivity index (χ1v) is 17.3. The Morgan fingerprint density at radius 3 is 2.37 bits per heavy atom. The third-order valence-electron chi connectivity index (χ3n) is 15.4. The molecule has 238 valence electrons. The van der Waals surface area contributed by atoms with Crippen molar-refractivity contribution >= 4 is 11.9 Å². The monoisotopic (exact) mass is 591 g/mol. The molecule has 0 aromatic heterocycles. The van der Waals surface area contributed by atoms with E-state index in [9.17, 15) is 19.8 Å². The van der Waals surface area contributed by atoms with Crippen LogP contribution in [0.25, 0.3) is 0 Å². The van der Waals surface area contributed by atoms with Crippen LogP contribution in [0, 0.1) is 57.2 Å². The summed E-state index contributed by atoms with van der Waals surface area (Å²) in [6.45, 7) is 20.3. The summed E-state index contributed by atoms with van der Waals surface area (Å²) in [7, 11) is 0. The van der Waals surface area contributed by atoms with Crippen LogP contribution in [-0.2, 0) is 9.59 Å². The molecule has 10 atom stereocenters. The maximum atomic E-state index is 14.1. The van der Waals surface area contributed by atoms with E-state index in [1.165, 1.54) is 37.7 Å². The van der Waals surface area contributed by atoms with Crippen LogP contribution < -0.4 is 0 Å². The van der Waals surface area contributed by atoms with Crippen molar-refractivity contribution in [3.63, 3.8) is 0 Å². The van der Waals surface area contributed by atoms with Gasteiger partial charge in [-0.1, -0.05) is 51.2 Å². The second-order valence-electron chi connectivity index (χ2n) is 17.1. The highest BCUT2D eigenvalue weighted by molar-refractivity contribution is 5.90. The van der Waals surface area contributed by atoms with E-state index < -0.39 is 11.9 Å². The fourth-order valence-corrected chi connectivity index (χ4v) is 13.1. The number of allylic oxidation sites excluding steroid dienone is 3. The molecule has 2 N–H and O–H groups in total. The SMILES string of the molecule is C=C(C)[C@@H]1CC[C@]2(CO)CC[C@]3(C)C(CC[C@@H]4C5(C)CCCN(C(=O)C6C=CC=C(C(=O)O)C6)C(C)(C)C5CC[C@]43C)[C@@H]12. The standard InChI is InChI=1S/C38H57NO4/c1-24(2)27-14-18-38(23-40)20-19-36(6)28(31(27)38)12-13-30-35(5)16-9-21-39(34(3,4)29(35)15-17-37(30,36)7)32(41)25-10-8-11-26(22-25)33(42)43/h8,10-11,25,27-31,40H,1,9,12-23H2,2-7H3,(H,42,43)/t25?,27-,28?,29?,30+,31+,35?,36+,37+,38+/m0/s1. The lowest BCUT2D eigenvalue weighted by atomic mass is 9.33. The summed E-state index contributed by atoms with van der Waals surface area (Å²) in [6, 6.07) is 0. The predicted octanol–water partition coefficient (Wildman–Crippen LogP) is 7.80. The molecule has 4 saturated carbocycles. The molecule has 1 aliphatic heterocycles. The fourth-order valence-electron chi connectivity index (χ4n) is 13.1. The lowest BCUT2D eigenvalue weighted by Gasteiger charge is -2.71. The molecule has 0 aromatic carbocycles. The van der Waals surface area contributed by atoms with Gasteiger partial charge in [0, 0.05) is 24.3 Å². The zero-order valence-electron chi connectivity index (χ0n) is 27.8. The van der Waals surface area contributed by atoms with Crippen LogP contribution in [0.4, 0.5) is 0 Å². The van der Waals surface area contributed by atoms with Crippen LogP contribution in [0.3, 0.4) is 0 Å². The van der Waals surface area contributed by atoms with Gasteiger partial charge in [0.15, 0.2) is 0 Å². The molecule has 5 fully saturated rings. The Labute approximate surface area is 260 Å². The van der Waals surface area contributed by atoms with Crippen molar-refractivity contribution < 1.29 is 19.8 Å². The van der Waals surface area contributed by atoms with Crippen molar-refractivity contribution in [3.05, 3.63) is 36.0 Å². The molecule has 5 heteroatoms. The average molecular weight is 592 g/mol. The van der Waals surface area contributed by atoms with Crippen LogP contribution in [0.5, 0.6) is 0 Å². The number of aliphatic hydroxyl groups excluding tert-OH is 1. The lowest BCUT2D eigenvalue weighted by molar-refractivity contribution is -0.229. The number of amides is 1. The fraction of sp³-hybridized carbons (Fsp3) is 0.789. The molecular formula is C38H57NO4. The Bertz CT molecular complexity index is 1250. The molecule has 4 unspecified atom stereocenters. The van der Waals surface area contributed by atoms with E-state index in [1.807, 2.05) is 6.08 Å². The van der Waals surface area contributed by atoms with Gasteiger partial charge in [-0.05, 0) is 143 Å². The number of carbonyl (C=O) groups excluding carboxylic acids is 1. The maximum absolute atomic E-state index is 14.1. The summed E-state index contributed by atoms with van der Waals surface area (Å²) < 4.78 is 0. The molecule has 43 heavy (non-hydrogen) atoms. The predicted molar refractivity (Wildman–Crippen MR) is 171 cm³/mol. The van der Waals surface area contributed by atoms with Gasteiger partial charge in [0.2, 0.25) is 5.91 Å². The van der Waals surface area contributed by atoms with Crippen molar-refractivity contribution in [1.29, 1.82) is 0 Å². The minimum Gasteiger partial charge on any atom is -0.478 e. The van der Waals surface area contributed by atoms with E-state index in [-0.39, 0.29) is 39.5 Å². The Hall–Kier alpha value is -1.88. The Kier molecular flexibility index (Phi) is 7.47. The number of rotatable bonds is 4. The summed E-state index contributed by atoms with van der Waals surface area (Å²) in [6.07, 6.45) is 17.2. The first-order chi connectivity index (χ1) is 20.2. The molecule has 0 aromatic rings. The number of carboxylic acids is 1. The summed E-state index contributed by atoms with van der Waals surface area (Å²) in [5.41, 5.74) is 2.04. The molecule has 6 rings (SSSR count). The van der Waals surface area contributed by atoms with Crippen molar-refractivity contribution in [2.24, 2.45) is 57.2 Å². The van der Waals surface area contributed by atoms with Gasteiger partial charge in [0.05, 0.1) is 5.92 Å². The van der Waals surface area contributed by atoms with E-state index in [1.54, 1.807) is 12.2 Å². The van der Waals surface area contributed by atoms with Crippen molar-refractivity contribution in [3.8, 4) is 0 Å². The van der Waals surface area contributed by atoms with E-state index in [2.05, 4.69) is 53.0 Å². The Morgan fingerprint density at radius 1 is 0.953 bits per heavy atom. The van der Waals surface area contributed by atoms with Gasteiger partial charge < -0.3 is 15.1 Å². The molecule has 5 aliphatic carbocycles. The third kappa shape index (κ3) is 4.25. The largest absolute Gasteiger partial charge is 0.478 e. The van der Waals surface area contributed by atoms with E-state index in [0.29, 0.717) is 41.8 Å². The highest BCUT2D eigenvalue weighted by atomic mass is 16.4. The number of hydrogen-bond acceptors (Lipinski definition) is 3. The average Bonchev–Trinajstić information content (AvgIpc) is 3.31. The molecule has 1 heterocycles. The zero-order chi connectivity index (χ0) is 31.2. The minimum absolute atomic E-state index is 0.0759. The number of carbonyl (C=O) groups is 2. The number of aliphatic hydroxyl groups is 1.